The van der Waals surface area contributed by atoms with Crippen LogP contribution >= 0.6 is 17.0 Å². The molecule has 1 aromatic heterocycles. The highest BCUT2D eigenvalue weighted by Gasteiger charge is 2.21. The zero-order valence-corrected chi connectivity index (χ0v) is 11.0. The van der Waals surface area contributed by atoms with E-state index in [1.807, 2.05) is 0 Å². The van der Waals surface area contributed by atoms with E-state index in [-0.39, 0.29) is 22.5 Å². The molecule has 0 fully saturated rings. The van der Waals surface area contributed by atoms with E-state index in [0.29, 0.717) is 18.4 Å². The first-order chi connectivity index (χ1) is 8.54. The minimum atomic E-state index is -1.34. The standard InChI is InChI=1S/C11H7F3N2O2.BrH/c12-7-4-9(14)8(13)3-6(7)10(5-17)16-1-2-18-11(16)15;/h1-5,10,15H;1H. The van der Waals surface area contributed by atoms with Crippen LogP contribution < -0.4 is 5.68 Å². The van der Waals surface area contributed by atoms with E-state index in [1.54, 1.807) is 0 Å². The van der Waals surface area contributed by atoms with Crippen molar-refractivity contribution in [1.29, 1.82) is 5.41 Å². The summed E-state index contributed by atoms with van der Waals surface area (Å²) in [6, 6.07) is -0.347. The molecule has 0 aliphatic carbocycles. The molecule has 2 aromatic rings. The highest BCUT2D eigenvalue weighted by atomic mass is 79.9. The van der Waals surface area contributed by atoms with Gasteiger partial charge in [0.05, 0.1) is 0 Å². The van der Waals surface area contributed by atoms with Gasteiger partial charge < -0.3 is 9.21 Å². The van der Waals surface area contributed by atoms with Crippen molar-refractivity contribution in [2.24, 2.45) is 0 Å². The number of rotatable bonds is 3. The summed E-state index contributed by atoms with van der Waals surface area (Å²) in [5.74, 6) is -3.68. The Balaban J connectivity index is 0.00000180. The smallest absolute Gasteiger partial charge is 0.294 e. The third-order valence-corrected chi connectivity index (χ3v) is 2.42. The van der Waals surface area contributed by atoms with Gasteiger partial charge >= 0.3 is 0 Å². The Hall–Kier alpha value is -1.83. The Morgan fingerprint density at radius 3 is 2.37 bits per heavy atom. The number of carbonyl (C=O) groups excluding carboxylic acids is 1. The van der Waals surface area contributed by atoms with Crippen LogP contribution in [-0.2, 0) is 4.79 Å². The number of hydrogen-bond donors (Lipinski definition) is 1. The maximum atomic E-state index is 13.5. The van der Waals surface area contributed by atoms with Crippen molar-refractivity contribution in [3.05, 3.63) is 53.3 Å². The highest BCUT2D eigenvalue weighted by Crippen LogP contribution is 2.21. The highest BCUT2D eigenvalue weighted by molar-refractivity contribution is 8.93. The van der Waals surface area contributed by atoms with Crippen molar-refractivity contribution >= 4 is 23.3 Å². The van der Waals surface area contributed by atoms with Gasteiger partial charge in [-0.15, -0.1) is 17.0 Å². The molecule has 0 saturated carbocycles. The van der Waals surface area contributed by atoms with Gasteiger partial charge in [0.2, 0.25) is 0 Å². The summed E-state index contributed by atoms with van der Waals surface area (Å²) in [5, 5.41) is 7.35. The van der Waals surface area contributed by atoms with E-state index >= 15 is 0 Å². The lowest BCUT2D eigenvalue weighted by molar-refractivity contribution is -0.109. The molecule has 0 saturated heterocycles. The average molecular weight is 337 g/mol. The SMILES string of the molecule is Br.N=c1occn1C(C=O)c1cc(F)c(F)cc1F. The summed E-state index contributed by atoms with van der Waals surface area (Å²) in [6.45, 7) is 0. The van der Waals surface area contributed by atoms with Crippen LogP contribution in [0.4, 0.5) is 13.2 Å². The summed E-state index contributed by atoms with van der Waals surface area (Å²) >= 11 is 0. The van der Waals surface area contributed by atoms with Gasteiger partial charge in [0.15, 0.2) is 11.6 Å². The average Bonchev–Trinajstić information content (AvgIpc) is 2.73. The van der Waals surface area contributed by atoms with Crippen molar-refractivity contribution in [2.75, 3.05) is 0 Å². The molecule has 4 nitrogen and oxygen atoms in total. The Kier molecular flexibility index (Phi) is 4.71. The summed E-state index contributed by atoms with van der Waals surface area (Å²) in [4.78, 5) is 11.0. The Labute approximate surface area is 115 Å². The molecule has 0 aliphatic heterocycles. The molecule has 19 heavy (non-hydrogen) atoms. The molecule has 1 N–H and O–H groups in total. The van der Waals surface area contributed by atoms with Crippen LogP contribution in [0.25, 0.3) is 0 Å². The molecular formula is C11H8BrF3N2O2. The van der Waals surface area contributed by atoms with Gasteiger partial charge in [0, 0.05) is 17.8 Å². The Bertz CT molecular complexity index is 654. The molecule has 102 valence electrons. The van der Waals surface area contributed by atoms with Crippen LogP contribution in [0.2, 0.25) is 0 Å². The predicted octanol–water partition coefficient (Wildman–Crippen LogP) is 2.34. The lowest BCUT2D eigenvalue weighted by atomic mass is 10.1. The van der Waals surface area contributed by atoms with Gasteiger partial charge in [-0.05, 0) is 6.07 Å². The fourth-order valence-electron chi connectivity index (χ4n) is 1.56. The summed E-state index contributed by atoms with van der Waals surface area (Å²) < 4.78 is 45.0. The van der Waals surface area contributed by atoms with E-state index in [9.17, 15) is 18.0 Å². The second kappa shape index (κ2) is 5.87. The monoisotopic (exact) mass is 336 g/mol. The molecule has 1 heterocycles. The second-order valence-electron chi connectivity index (χ2n) is 3.48. The zero-order chi connectivity index (χ0) is 13.3. The minimum absolute atomic E-state index is 0. The maximum Gasteiger partial charge on any atom is 0.294 e. The summed E-state index contributed by atoms with van der Waals surface area (Å²) in [6.07, 6.45) is 2.65. The van der Waals surface area contributed by atoms with Gasteiger partial charge in [-0.3, -0.25) is 9.98 Å². The molecule has 1 atom stereocenters. The first-order valence-electron chi connectivity index (χ1n) is 4.84. The zero-order valence-electron chi connectivity index (χ0n) is 9.27. The van der Waals surface area contributed by atoms with Crippen LogP contribution in [0.5, 0.6) is 0 Å². The van der Waals surface area contributed by atoms with Gasteiger partial charge in [0.1, 0.15) is 24.4 Å². The van der Waals surface area contributed by atoms with E-state index in [2.05, 4.69) is 4.42 Å². The number of nitrogens with zero attached hydrogens (tertiary/aromatic N) is 1. The Morgan fingerprint density at radius 2 is 1.84 bits per heavy atom. The first kappa shape index (κ1) is 15.2. The summed E-state index contributed by atoms with van der Waals surface area (Å²) in [5.41, 5.74) is -0.778. The number of hydrogen-bond acceptors (Lipinski definition) is 3. The number of nitrogens with one attached hydrogen (secondary N) is 1. The minimum Gasteiger partial charge on any atom is -0.432 e. The number of aromatic nitrogens is 1. The molecule has 0 amide bonds. The third-order valence-electron chi connectivity index (χ3n) is 2.42. The fraction of sp³-hybridized carbons (Fsp3) is 0.0909. The number of aldehydes is 1. The molecule has 0 bridgehead atoms. The van der Waals surface area contributed by atoms with Crippen molar-refractivity contribution in [1.82, 2.24) is 4.57 Å². The molecule has 8 heteroatoms. The van der Waals surface area contributed by atoms with E-state index in [1.165, 1.54) is 6.20 Å². The lowest BCUT2D eigenvalue weighted by Crippen LogP contribution is -2.23. The second-order valence-corrected chi connectivity index (χ2v) is 3.48. The first-order valence-corrected chi connectivity index (χ1v) is 4.84. The number of halogens is 4. The molecule has 0 spiro atoms. The Morgan fingerprint density at radius 1 is 1.21 bits per heavy atom. The normalized spacial score (nSPS) is 11.7. The molecule has 1 unspecified atom stereocenters. The van der Waals surface area contributed by atoms with Crippen molar-refractivity contribution in [3.63, 3.8) is 0 Å². The van der Waals surface area contributed by atoms with E-state index < -0.39 is 29.2 Å². The number of oxazole rings is 1. The maximum absolute atomic E-state index is 13.5. The van der Waals surface area contributed by atoms with Crippen LogP contribution in [0.3, 0.4) is 0 Å². The molecule has 0 aliphatic rings. The lowest BCUT2D eigenvalue weighted by Gasteiger charge is -2.12. The van der Waals surface area contributed by atoms with Crippen molar-refractivity contribution in [2.45, 2.75) is 6.04 Å². The van der Waals surface area contributed by atoms with Crippen molar-refractivity contribution < 1.29 is 22.4 Å². The van der Waals surface area contributed by atoms with Gasteiger partial charge in [0.25, 0.3) is 5.68 Å². The van der Waals surface area contributed by atoms with Gasteiger partial charge in [-0.25, -0.2) is 13.2 Å². The van der Waals surface area contributed by atoms with Crippen LogP contribution in [0, 0.1) is 22.9 Å². The van der Waals surface area contributed by atoms with Crippen LogP contribution in [-0.4, -0.2) is 10.9 Å². The van der Waals surface area contributed by atoms with Crippen LogP contribution in [0.15, 0.2) is 29.0 Å². The van der Waals surface area contributed by atoms with E-state index in [0.717, 1.165) is 10.8 Å². The molecule has 2 rings (SSSR count). The largest absolute Gasteiger partial charge is 0.432 e. The van der Waals surface area contributed by atoms with Crippen LogP contribution in [0.1, 0.15) is 11.6 Å². The molecule has 0 radical (unpaired) electrons. The predicted molar refractivity (Wildman–Crippen MR) is 63.4 cm³/mol. The van der Waals surface area contributed by atoms with Gasteiger partial charge in [-0.2, -0.15) is 0 Å². The third kappa shape index (κ3) is 2.78. The topological polar surface area (TPSA) is 59.0 Å². The quantitative estimate of drug-likeness (QED) is 0.690. The molecular weight excluding hydrogens is 329 g/mol. The fourth-order valence-corrected chi connectivity index (χ4v) is 1.56. The number of benzene rings is 1. The van der Waals surface area contributed by atoms with Gasteiger partial charge in [-0.1, -0.05) is 0 Å². The molecule has 1 aromatic carbocycles. The van der Waals surface area contributed by atoms with E-state index in [4.69, 9.17) is 5.41 Å². The summed E-state index contributed by atoms with van der Waals surface area (Å²) in [7, 11) is 0. The number of carbonyl (C=O) groups is 1. The van der Waals surface area contributed by atoms with Crippen molar-refractivity contribution in [3.8, 4) is 0 Å².